The first-order valence-corrected chi connectivity index (χ1v) is 6.68. The lowest BCUT2D eigenvalue weighted by atomic mass is 10.1. The summed E-state index contributed by atoms with van der Waals surface area (Å²) in [6, 6.07) is 6.39. The fraction of sp³-hybridized carbons (Fsp3) is 0.143. The van der Waals surface area contributed by atoms with Gasteiger partial charge in [-0.05, 0) is 29.8 Å². The molecule has 1 heterocycles. The molecule has 0 atom stereocenters. The van der Waals surface area contributed by atoms with E-state index in [1.807, 2.05) is 0 Å². The van der Waals surface area contributed by atoms with E-state index in [-0.39, 0.29) is 26.9 Å². The van der Waals surface area contributed by atoms with Crippen LogP contribution < -0.4 is 0 Å². The van der Waals surface area contributed by atoms with Crippen LogP contribution in [0.2, 0.25) is 10.0 Å². The fourth-order valence-electron chi connectivity index (χ4n) is 1.88. The van der Waals surface area contributed by atoms with Gasteiger partial charge in [0.1, 0.15) is 5.69 Å². The van der Waals surface area contributed by atoms with Crippen LogP contribution in [0.5, 0.6) is 0 Å². The maximum absolute atomic E-state index is 12.9. The van der Waals surface area contributed by atoms with Crippen LogP contribution >= 0.6 is 23.2 Å². The van der Waals surface area contributed by atoms with Crippen molar-refractivity contribution in [3.63, 3.8) is 0 Å². The number of carboxylic acids is 1. The van der Waals surface area contributed by atoms with Crippen LogP contribution in [0.3, 0.4) is 0 Å². The van der Waals surface area contributed by atoms with Gasteiger partial charge in [-0.3, -0.25) is 4.79 Å². The lowest BCUT2D eigenvalue weighted by Crippen LogP contribution is -2.11. The van der Waals surface area contributed by atoms with Crippen molar-refractivity contribution in [3.05, 3.63) is 51.6 Å². The summed E-state index contributed by atoms with van der Waals surface area (Å²) < 4.78 is 38.8. The van der Waals surface area contributed by atoms with Crippen molar-refractivity contribution in [1.29, 1.82) is 0 Å². The number of aliphatic carboxylic acids is 1. The van der Waals surface area contributed by atoms with Crippen LogP contribution in [0.25, 0.3) is 11.3 Å². The number of aromatic nitrogens is 1. The van der Waals surface area contributed by atoms with Crippen molar-refractivity contribution in [1.82, 2.24) is 4.98 Å². The molecule has 0 saturated heterocycles. The van der Waals surface area contributed by atoms with Crippen molar-refractivity contribution in [2.24, 2.45) is 0 Å². The van der Waals surface area contributed by atoms with Gasteiger partial charge in [-0.15, -0.1) is 0 Å². The minimum atomic E-state index is -4.71. The highest BCUT2D eigenvalue weighted by Gasteiger charge is 2.33. The Balaban J connectivity index is 2.67. The summed E-state index contributed by atoms with van der Waals surface area (Å²) in [5.74, 6) is -1.25. The Hall–Kier alpha value is -1.79. The van der Waals surface area contributed by atoms with Gasteiger partial charge in [0.2, 0.25) is 0 Å². The van der Waals surface area contributed by atoms with E-state index in [1.165, 1.54) is 18.2 Å². The Morgan fingerprint density at radius 1 is 1.18 bits per heavy atom. The normalized spacial score (nSPS) is 11.5. The number of rotatable bonds is 3. The topological polar surface area (TPSA) is 50.2 Å². The molecule has 3 nitrogen and oxygen atoms in total. The van der Waals surface area contributed by atoms with Gasteiger partial charge in [-0.1, -0.05) is 29.3 Å². The second-order valence-corrected chi connectivity index (χ2v) is 5.23. The number of hydrogen-bond acceptors (Lipinski definition) is 2. The Bertz CT molecular complexity index is 712. The standard InChI is InChI=1S/C14H8Cl2F3NO2/c15-8-2-1-3-9(16)13(8)10-4-7(6-12(21)22)5-11(20-10)14(17,18)19/h1-5H,6H2,(H,21,22). The minimum Gasteiger partial charge on any atom is -0.481 e. The number of carbonyl (C=O) groups is 1. The van der Waals surface area contributed by atoms with E-state index in [0.717, 1.165) is 0 Å². The van der Waals surface area contributed by atoms with Crippen molar-refractivity contribution in [3.8, 4) is 11.3 Å². The molecule has 2 rings (SSSR count). The maximum Gasteiger partial charge on any atom is 0.433 e. The largest absolute Gasteiger partial charge is 0.481 e. The molecule has 0 radical (unpaired) electrons. The van der Waals surface area contributed by atoms with Crippen LogP contribution in [0.4, 0.5) is 13.2 Å². The first kappa shape index (κ1) is 16.6. The third-order valence-corrected chi connectivity index (χ3v) is 3.38. The molecule has 1 aromatic heterocycles. The van der Waals surface area contributed by atoms with E-state index >= 15 is 0 Å². The monoisotopic (exact) mass is 349 g/mol. The Morgan fingerprint density at radius 2 is 1.77 bits per heavy atom. The van der Waals surface area contributed by atoms with Gasteiger partial charge in [0.15, 0.2) is 0 Å². The van der Waals surface area contributed by atoms with Gasteiger partial charge in [-0.2, -0.15) is 13.2 Å². The SMILES string of the molecule is O=C(O)Cc1cc(-c2c(Cl)cccc2Cl)nc(C(F)(F)F)c1. The van der Waals surface area contributed by atoms with Gasteiger partial charge in [-0.25, -0.2) is 4.98 Å². The number of halogens is 5. The summed E-state index contributed by atoms with van der Waals surface area (Å²) in [6.45, 7) is 0. The molecule has 1 N–H and O–H groups in total. The van der Waals surface area contributed by atoms with Gasteiger partial charge in [0, 0.05) is 5.56 Å². The lowest BCUT2D eigenvalue weighted by Gasteiger charge is -2.12. The fourth-order valence-corrected chi connectivity index (χ4v) is 2.47. The molecular weight excluding hydrogens is 342 g/mol. The van der Waals surface area contributed by atoms with Crippen molar-refractivity contribution < 1.29 is 23.1 Å². The summed E-state index contributed by atoms with van der Waals surface area (Å²) in [6.07, 6.45) is -5.28. The molecule has 0 fully saturated rings. The maximum atomic E-state index is 12.9. The highest BCUT2D eigenvalue weighted by Crippen LogP contribution is 2.36. The summed E-state index contributed by atoms with van der Waals surface area (Å²) in [5, 5.41) is 9.03. The molecule has 22 heavy (non-hydrogen) atoms. The second kappa shape index (κ2) is 6.14. The molecule has 0 aliphatic carbocycles. The predicted molar refractivity (Wildman–Crippen MR) is 76.0 cm³/mol. The van der Waals surface area contributed by atoms with Crippen molar-refractivity contribution >= 4 is 29.2 Å². The van der Waals surface area contributed by atoms with Crippen LogP contribution in [0.15, 0.2) is 30.3 Å². The van der Waals surface area contributed by atoms with E-state index in [9.17, 15) is 18.0 Å². The number of nitrogens with zero attached hydrogens (tertiary/aromatic N) is 1. The molecular formula is C14H8Cl2F3NO2. The Morgan fingerprint density at radius 3 is 2.27 bits per heavy atom. The number of carboxylic acid groups (broad SMARTS) is 1. The highest BCUT2D eigenvalue weighted by molar-refractivity contribution is 6.39. The highest BCUT2D eigenvalue weighted by atomic mass is 35.5. The van der Waals surface area contributed by atoms with Gasteiger partial charge in [0.05, 0.1) is 22.2 Å². The zero-order chi connectivity index (χ0) is 16.5. The third kappa shape index (κ3) is 3.69. The third-order valence-electron chi connectivity index (χ3n) is 2.75. The smallest absolute Gasteiger partial charge is 0.433 e. The number of benzene rings is 1. The van der Waals surface area contributed by atoms with E-state index in [4.69, 9.17) is 28.3 Å². The Kier molecular flexibility index (Phi) is 4.63. The summed E-state index contributed by atoms with van der Waals surface area (Å²) >= 11 is 11.9. The molecule has 0 spiro atoms. The molecule has 2 aromatic rings. The Labute approximate surface area is 133 Å². The van der Waals surface area contributed by atoms with Crippen molar-refractivity contribution in [2.45, 2.75) is 12.6 Å². The first-order chi connectivity index (χ1) is 10.2. The van der Waals surface area contributed by atoms with E-state index < -0.39 is 24.3 Å². The second-order valence-electron chi connectivity index (χ2n) is 4.41. The quantitative estimate of drug-likeness (QED) is 0.873. The average molecular weight is 350 g/mol. The predicted octanol–water partition coefficient (Wildman–Crippen LogP) is 4.70. The van der Waals surface area contributed by atoms with E-state index in [1.54, 1.807) is 6.07 Å². The minimum absolute atomic E-state index is 0.0409. The van der Waals surface area contributed by atoms with Gasteiger partial charge in [0.25, 0.3) is 0 Å². The molecule has 116 valence electrons. The number of pyridine rings is 1. The zero-order valence-electron chi connectivity index (χ0n) is 10.8. The molecule has 8 heteroatoms. The summed E-state index contributed by atoms with van der Waals surface area (Å²) in [5.41, 5.74) is -1.23. The van der Waals surface area contributed by atoms with Crippen molar-refractivity contribution in [2.75, 3.05) is 0 Å². The first-order valence-electron chi connectivity index (χ1n) is 5.93. The van der Waals surface area contributed by atoms with Crippen LogP contribution in [0.1, 0.15) is 11.3 Å². The number of alkyl halides is 3. The number of hydrogen-bond donors (Lipinski definition) is 1. The molecule has 0 unspecified atom stereocenters. The summed E-state index contributed by atoms with van der Waals surface area (Å²) in [4.78, 5) is 14.3. The molecule has 0 aliphatic rings. The van der Waals surface area contributed by atoms with Gasteiger partial charge < -0.3 is 5.11 Å². The van der Waals surface area contributed by atoms with E-state index in [2.05, 4.69) is 4.98 Å². The van der Waals surface area contributed by atoms with E-state index in [0.29, 0.717) is 6.07 Å². The molecule has 0 bridgehead atoms. The lowest BCUT2D eigenvalue weighted by molar-refractivity contribution is -0.141. The van der Waals surface area contributed by atoms with Crippen LogP contribution in [-0.2, 0) is 17.4 Å². The van der Waals surface area contributed by atoms with Crippen LogP contribution in [-0.4, -0.2) is 16.1 Å². The molecule has 0 amide bonds. The summed E-state index contributed by atoms with van der Waals surface area (Å²) in [7, 11) is 0. The molecule has 0 saturated carbocycles. The van der Waals surface area contributed by atoms with Gasteiger partial charge >= 0.3 is 12.1 Å². The molecule has 0 aliphatic heterocycles. The zero-order valence-corrected chi connectivity index (χ0v) is 12.3. The van der Waals surface area contributed by atoms with Crippen LogP contribution in [0, 0.1) is 0 Å². The average Bonchev–Trinajstić information content (AvgIpc) is 2.36. The molecule has 1 aromatic carbocycles.